The average Bonchev–Trinajstić information content (AvgIpc) is 2.40. The molecule has 1 aromatic rings. The second-order valence-electron chi connectivity index (χ2n) is 4.17. The van der Waals surface area contributed by atoms with E-state index < -0.39 is 0 Å². The number of carbonyl (C=O) groups excluding carboxylic acids is 1. The molecular formula is C15H21BrO3. The summed E-state index contributed by atoms with van der Waals surface area (Å²) in [4.78, 5) is 12.2. The number of rotatable bonds is 8. The van der Waals surface area contributed by atoms with Crippen LogP contribution in [0.15, 0.2) is 16.6 Å². The Hall–Kier alpha value is -1.03. The molecule has 4 heteroatoms. The second kappa shape index (κ2) is 8.20. The zero-order valence-electron chi connectivity index (χ0n) is 11.8. The number of unbranched alkanes of at least 4 members (excludes halogenated alkanes) is 1. The minimum Gasteiger partial charge on any atom is -0.493 e. The van der Waals surface area contributed by atoms with Crippen molar-refractivity contribution in [3.8, 4) is 11.5 Å². The van der Waals surface area contributed by atoms with Crippen molar-refractivity contribution in [3.63, 3.8) is 0 Å². The van der Waals surface area contributed by atoms with E-state index in [-0.39, 0.29) is 5.78 Å². The van der Waals surface area contributed by atoms with Crippen molar-refractivity contribution in [2.24, 2.45) is 0 Å². The zero-order valence-corrected chi connectivity index (χ0v) is 13.4. The van der Waals surface area contributed by atoms with Crippen LogP contribution in [0.25, 0.3) is 0 Å². The van der Waals surface area contributed by atoms with E-state index in [2.05, 4.69) is 22.9 Å². The molecule has 0 fully saturated rings. The molecule has 0 saturated carbocycles. The highest BCUT2D eigenvalue weighted by Crippen LogP contribution is 2.34. The summed E-state index contributed by atoms with van der Waals surface area (Å²) in [6, 6.07) is 3.59. The molecule has 0 saturated heterocycles. The average molecular weight is 329 g/mol. The van der Waals surface area contributed by atoms with Crippen molar-refractivity contribution in [1.82, 2.24) is 0 Å². The Bertz CT molecular complexity index is 430. The molecule has 1 rings (SSSR count). The van der Waals surface area contributed by atoms with E-state index in [0.29, 0.717) is 36.7 Å². The van der Waals surface area contributed by atoms with Gasteiger partial charge in [-0.2, -0.15) is 0 Å². The van der Waals surface area contributed by atoms with Crippen LogP contribution in [-0.4, -0.2) is 19.0 Å². The van der Waals surface area contributed by atoms with Gasteiger partial charge in [-0.1, -0.05) is 13.3 Å². The number of carbonyl (C=O) groups is 1. The van der Waals surface area contributed by atoms with Crippen LogP contribution in [0.1, 0.15) is 50.4 Å². The maximum absolute atomic E-state index is 12.2. The fourth-order valence-electron chi connectivity index (χ4n) is 1.77. The number of hydrogen-bond acceptors (Lipinski definition) is 3. The Kier molecular flexibility index (Phi) is 6.92. The Labute approximate surface area is 123 Å². The van der Waals surface area contributed by atoms with Crippen molar-refractivity contribution < 1.29 is 14.3 Å². The van der Waals surface area contributed by atoms with Gasteiger partial charge in [0.2, 0.25) is 0 Å². The Balaban J connectivity index is 3.07. The molecule has 0 bridgehead atoms. The van der Waals surface area contributed by atoms with Gasteiger partial charge in [-0.3, -0.25) is 4.79 Å². The first-order valence-corrected chi connectivity index (χ1v) is 7.55. The quantitative estimate of drug-likeness (QED) is 0.653. The van der Waals surface area contributed by atoms with Crippen LogP contribution in [0, 0.1) is 0 Å². The lowest BCUT2D eigenvalue weighted by atomic mass is 10.0. The molecule has 0 radical (unpaired) electrons. The fourth-order valence-corrected chi connectivity index (χ4v) is 2.22. The summed E-state index contributed by atoms with van der Waals surface area (Å²) in [5, 5.41) is 0. The standard InChI is InChI=1S/C15H21BrO3/c1-4-7-8-13(17)11-9-12(16)15(19-6-3)10-14(11)18-5-2/h9-10H,4-8H2,1-3H3. The minimum atomic E-state index is 0.119. The number of benzene rings is 1. The highest BCUT2D eigenvalue weighted by molar-refractivity contribution is 9.10. The number of hydrogen-bond donors (Lipinski definition) is 0. The van der Waals surface area contributed by atoms with Gasteiger partial charge in [0.1, 0.15) is 11.5 Å². The largest absolute Gasteiger partial charge is 0.493 e. The van der Waals surface area contributed by atoms with Gasteiger partial charge in [0.15, 0.2) is 5.78 Å². The lowest BCUT2D eigenvalue weighted by molar-refractivity contribution is 0.0976. The summed E-state index contributed by atoms with van der Waals surface area (Å²) >= 11 is 3.44. The van der Waals surface area contributed by atoms with E-state index in [1.165, 1.54) is 0 Å². The van der Waals surface area contributed by atoms with E-state index in [4.69, 9.17) is 9.47 Å². The SMILES string of the molecule is CCCCC(=O)c1cc(Br)c(OCC)cc1OCC. The highest BCUT2D eigenvalue weighted by atomic mass is 79.9. The van der Waals surface area contributed by atoms with E-state index in [9.17, 15) is 4.79 Å². The fraction of sp³-hybridized carbons (Fsp3) is 0.533. The van der Waals surface area contributed by atoms with Gasteiger partial charge >= 0.3 is 0 Å². The molecule has 3 nitrogen and oxygen atoms in total. The molecule has 1 aromatic carbocycles. The number of Topliss-reactive ketones (excluding diaryl/α,β-unsaturated/α-hetero) is 1. The summed E-state index contributed by atoms with van der Waals surface area (Å²) < 4.78 is 11.8. The molecule has 0 aliphatic carbocycles. The molecule has 0 aliphatic rings. The number of ketones is 1. The van der Waals surface area contributed by atoms with Crippen LogP contribution in [0.2, 0.25) is 0 Å². The van der Waals surface area contributed by atoms with E-state index >= 15 is 0 Å². The molecule has 0 spiro atoms. The molecule has 0 heterocycles. The third-order valence-corrected chi connectivity index (χ3v) is 3.31. The molecule has 0 unspecified atom stereocenters. The molecule has 19 heavy (non-hydrogen) atoms. The second-order valence-corrected chi connectivity index (χ2v) is 5.03. The molecule has 0 atom stereocenters. The minimum absolute atomic E-state index is 0.119. The van der Waals surface area contributed by atoms with Crippen LogP contribution in [-0.2, 0) is 0 Å². The van der Waals surface area contributed by atoms with Crippen LogP contribution in [0.5, 0.6) is 11.5 Å². The lowest BCUT2D eigenvalue weighted by Crippen LogP contribution is -2.05. The monoisotopic (exact) mass is 328 g/mol. The van der Waals surface area contributed by atoms with Crippen molar-refractivity contribution in [2.75, 3.05) is 13.2 Å². The zero-order chi connectivity index (χ0) is 14.3. The molecule has 0 N–H and O–H groups in total. The van der Waals surface area contributed by atoms with Crippen LogP contribution < -0.4 is 9.47 Å². The van der Waals surface area contributed by atoms with Gasteiger partial charge < -0.3 is 9.47 Å². The van der Waals surface area contributed by atoms with Gasteiger partial charge in [0, 0.05) is 12.5 Å². The van der Waals surface area contributed by atoms with Crippen molar-refractivity contribution >= 4 is 21.7 Å². The Morgan fingerprint density at radius 1 is 1.11 bits per heavy atom. The normalized spacial score (nSPS) is 10.3. The first-order valence-electron chi connectivity index (χ1n) is 6.76. The molecule has 0 aromatic heterocycles. The van der Waals surface area contributed by atoms with E-state index in [1.54, 1.807) is 12.1 Å². The highest BCUT2D eigenvalue weighted by Gasteiger charge is 2.16. The van der Waals surface area contributed by atoms with Gasteiger partial charge in [0.05, 0.1) is 23.2 Å². The van der Waals surface area contributed by atoms with E-state index in [0.717, 1.165) is 17.3 Å². The van der Waals surface area contributed by atoms with Gasteiger partial charge in [-0.15, -0.1) is 0 Å². The predicted molar refractivity (Wildman–Crippen MR) is 80.3 cm³/mol. The summed E-state index contributed by atoms with van der Waals surface area (Å²) in [6.07, 6.45) is 2.46. The first kappa shape index (κ1) is 16.0. The lowest BCUT2D eigenvalue weighted by Gasteiger charge is -2.13. The van der Waals surface area contributed by atoms with Gasteiger partial charge in [-0.25, -0.2) is 0 Å². The molecule has 0 aliphatic heterocycles. The topological polar surface area (TPSA) is 35.5 Å². The summed E-state index contributed by atoms with van der Waals surface area (Å²) in [5.41, 5.74) is 0.630. The van der Waals surface area contributed by atoms with Crippen molar-refractivity contribution in [2.45, 2.75) is 40.0 Å². The van der Waals surface area contributed by atoms with Gasteiger partial charge in [-0.05, 0) is 42.3 Å². The van der Waals surface area contributed by atoms with E-state index in [1.807, 2.05) is 13.8 Å². The number of ether oxygens (including phenoxy) is 2. The third kappa shape index (κ3) is 4.53. The summed E-state index contributed by atoms with van der Waals surface area (Å²) in [5.74, 6) is 1.43. The third-order valence-electron chi connectivity index (χ3n) is 2.69. The summed E-state index contributed by atoms with van der Waals surface area (Å²) in [6.45, 7) is 7.01. The van der Waals surface area contributed by atoms with Crippen molar-refractivity contribution in [1.29, 1.82) is 0 Å². The molecular weight excluding hydrogens is 308 g/mol. The van der Waals surface area contributed by atoms with Crippen LogP contribution >= 0.6 is 15.9 Å². The maximum Gasteiger partial charge on any atom is 0.166 e. The molecule has 0 amide bonds. The van der Waals surface area contributed by atoms with Crippen LogP contribution in [0.4, 0.5) is 0 Å². The smallest absolute Gasteiger partial charge is 0.166 e. The number of halogens is 1. The first-order chi connectivity index (χ1) is 9.13. The maximum atomic E-state index is 12.2. The Morgan fingerprint density at radius 3 is 2.32 bits per heavy atom. The Morgan fingerprint density at radius 2 is 1.74 bits per heavy atom. The van der Waals surface area contributed by atoms with Crippen LogP contribution in [0.3, 0.4) is 0 Å². The predicted octanol–water partition coefficient (Wildman–Crippen LogP) is 4.62. The summed E-state index contributed by atoms with van der Waals surface area (Å²) in [7, 11) is 0. The molecule has 106 valence electrons. The van der Waals surface area contributed by atoms with Gasteiger partial charge in [0.25, 0.3) is 0 Å². The van der Waals surface area contributed by atoms with Crippen molar-refractivity contribution in [3.05, 3.63) is 22.2 Å².